The minimum Gasteiger partial charge on any atom is -0.359 e. The average molecular weight is 321 g/mol. The van der Waals surface area contributed by atoms with Crippen LogP contribution >= 0.6 is 11.6 Å². The van der Waals surface area contributed by atoms with Crippen molar-refractivity contribution < 1.29 is 13.2 Å². The van der Waals surface area contributed by atoms with Crippen LogP contribution in [-0.4, -0.2) is 24.8 Å². The van der Waals surface area contributed by atoms with Crippen LogP contribution in [0.4, 0.5) is 18.9 Å². The molecule has 0 bridgehead atoms. The third-order valence-corrected chi connectivity index (χ3v) is 3.76. The van der Waals surface area contributed by atoms with E-state index in [2.05, 4.69) is 5.32 Å². The van der Waals surface area contributed by atoms with Gasteiger partial charge in [-0.05, 0) is 30.5 Å². The summed E-state index contributed by atoms with van der Waals surface area (Å²) in [5.74, 6) is 0. The molecule has 1 aromatic rings. The van der Waals surface area contributed by atoms with Crippen molar-refractivity contribution in [3.8, 4) is 0 Å². The Bertz CT molecular complexity index is 484. The maximum absolute atomic E-state index is 12.7. The van der Waals surface area contributed by atoms with E-state index in [1.54, 1.807) is 18.2 Å². The molecule has 1 saturated carbocycles. The molecule has 21 heavy (non-hydrogen) atoms. The molecule has 1 aromatic carbocycles. The van der Waals surface area contributed by atoms with E-state index in [0.717, 1.165) is 18.4 Å². The van der Waals surface area contributed by atoms with E-state index in [1.165, 1.54) is 4.90 Å². The molecule has 0 saturated heterocycles. The lowest BCUT2D eigenvalue weighted by Crippen LogP contribution is -2.36. The SMILES string of the molecule is CC(C)NCc1ccc(N(CC(F)(F)F)C2CC2)cc1Cl. The largest absolute Gasteiger partial charge is 0.405 e. The fourth-order valence-electron chi connectivity index (χ4n) is 2.18. The zero-order chi connectivity index (χ0) is 15.6. The Kier molecular flexibility index (Phi) is 5.04. The molecule has 0 atom stereocenters. The van der Waals surface area contributed by atoms with E-state index >= 15 is 0 Å². The lowest BCUT2D eigenvalue weighted by molar-refractivity contribution is -0.120. The summed E-state index contributed by atoms with van der Waals surface area (Å²) in [6, 6.07) is 5.49. The van der Waals surface area contributed by atoms with Crippen LogP contribution in [0.2, 0.25) is 5.02 Å². The number of alkyl halides is 3. The minimum absolute atomic E-state index is 0.0117. The minimum atomic E-state index is -4.20. The summed E-state index contributed by atoms with van der Waals surface area (Å²) in [5.41, 5.74) is 1.45. The Morgan fingerprint density at radius 3 is 2.48 bits per heavy atom. The van der Waals surface area contributed by atoms with Crippen LogP contribution < -0.4 is 10.2 Å². The first kappa shape index (κ1) is 16.4. The number of hydrogen-bond acceptors (Lipinski definition) is 2. The van der Waals surface area contributed by atoms with Crippen LogP contribution in [0.3, 0.4) is 0 Å². The number of halogens is 4. The predicted octanol–water partition coefficient (Wildman–Crippen LogP) is 4.37. The molecule has 0 aromatic heterocycles. The van der Waals surface area contributed by atoms with Gasteiger partial charge in [-0.15, -0.1) is 0 Å². The molecular weight excluding hydrogens is 301 g/mol. The summed E-state index contributed by atoms with van der Waals surface area (Å²) in [4.78, 5) is 1.41. The van der Waals surface area contributed by atoms with E-state index < -0.39 is 12.7 Å². The Morgan fingerprint density at radius 1 is 1.33 bits per heavy atom. The van der Waals surface area contributed by atoms with Crippen molar-refractivity contribution in [1.82, 2.24) is 5.32 Å². The molecule has 1 fully saturated rings. The van der Waals surface area contributed by atoms with Crippen molar-refractivity contribution in [2.24, 2.45) is 0 Å². The van der Waals surface area contributed by atoms with E-state index in [9.17, 15) is 13.2 Å². The molecule has 0 heterocycles. The molecular formula is C15H20ClF3N2. The second kappa shape index (κ2) is 6.44. The summed E-state index contributed by atoms with van der Waals surface area (Å²) in [6.07, 6.45) is -2.58. The number of rotatable bonds is 6. The molecule has 2 nitrogen and oxygen atoms in total. The molecule has 0 amide bonds. The Labute approximate surface area is 128 Å². The van der Waals surface area contributed by atoms with Gasteiger partial charge in [0, 0.05) is 29.3 Å². The van der Waals surface area contributed by atoms with E-state index in [-0.39, 0.29) is 6.04 Å². The standard InChI is InChI=1S/C15H20ClF3N2/c1-10(2)20-8-11-3-4-13(7-14(11)16)21(12-5-6-12)9-15(17,18)19/h3-4,7,10,12,20H,5-6,8-9H2,1-2H3. The Morgan fingerprint density at radius 2 is 2.00 bits per heavy atom. The second-order valence-corrected chi connectivity index (χ2v) is 6.19. The van der Waals surface area contributed by atoms with Gasteiger partial charge in [0.1, 0.15) is 6.54 Å². The molecule has 6 heteroatoms. The third kappa shape index (κ3) is 5.08. The van der Waals surface area contributed by atoms with Gasteiger partial charge in [-0.1, -0.05) is 31.5 Å². The fraction of sp³-hybridized carbons (Fsp3) is 0.600. The smallest absolute Gasteiger partial charge is 0.359 e. The van der Waals surface area contributed by atoms with Gasteiger partial charge in [0.05, 0.1) is 0 Å². The molecule has 1 N–H and O–H groups in total. The predicted molar refractivity (Wildman–Crippen MR) is 79.9 cm³/mol. The molecule has 1 aliphatic carbocycles. The number of anilines is 1. The van der Waals surface area contributed by atoms with Crippen LogP contribution in [-0.2, 0) is 6.54 Å². The van der Waals surface area contributed by atoms with E-state index in [0.29, 0.717) is 23.3 Å². The van der Waals surface area contributed by atoms with Gasteiger partial charge in [-0.25, -0.2) is 0 Å². The first-order valence-corrected chi connectivity index (χ1v) is 7.49. The highest BCUT2D eigenvalue weighted by Crippen LogP contribution is 2.35. The average Bonchev–Trinajstić information content (AvgIpc) is 3.17. The van der Waals surface area contributed by atoms with Crippen LogP contribution in [0.1, 0.15) is 32.3 Å². The van der Waals surface area contributed by atoms with Crippen molar-refractivity contribution >= 4 is 17.3 Å². The van der Waals surface area contributed by atoms with E-state index in [4.69, 9.17) is 11.6 Å². The quantitative estimate of drug-likeness (QED) is 0.837. The molecule has 0 radical (unpaired) electrons. The highest BCUT2D eigenvalue weighted by atomic mass is 35.5. The monoisotopic (exact) mass is 320 g/mol. The summed E-state index contributed by atoms with van der Waals surface area (Å²) < 4.78 is 38.1. The number of nitrogens with zero attached hydrogens (tertiary/aromatic N) is 1. The van der Waals surface area contributed by atoms with Crippen LogP contribution in [0, 0.1) is 0 Å². The van der Waals surface area contributed by atoms with Crippen molar-refractivity contribution in [3.63, 3.8) is 0 Å². The highest BCUT2D eigenvalue weighted by Gasteiger charge is 2.38. The maximum Gasteiger partial charge on any atom is 0.405 e. The molecule has 118 valence electrons. The summed E-state index contributed by atoms with van der Waals surface area (Å²) in [5, 5.41) is 3.75. The number of nitrogens with one attached hydrogen (secondary N) is 1. The zero-order valence-electron chi connectivity index (χ0n) is 12.2. The van der Waals surface area contributed by atoms with Gasteiger partial charge in [0.25, 0.3) is 0 Å². The van der Waals surface area contributed by atoms with Gasteiger partial charge in [-0.3, -0.25) is 0 Å². The van der Waals surface area contributed by atoms with Crippen molar-refractivity contribution in [2.75, 3.05) is 11.4 Å². The molecule has 0 unspecified atom stereocenters. The normalized spacial score (nSPS) is 15.6. The fourth-order valence-corrected chi connectivity index (χ4v) is 2.42. The lowest BCUT2D eigenvalue weighted by atomic mass is 10.1. The van der Waals surface area contributed by atoms with Crippen LogP contribution in [0.25, 0.3) is 0 Å². The summed E-state index contributed by atoms with van der Waals surface area (Å²) >= 11 is 6.21. The van der Waals surface area contributed by atoms with Crippen molar-refractivity contribution in [1.29, 1.82) is 0 Å². The topological polar surface area (TPSA) is 15.3 Å². The first-order chi connectivity index (χ1) is 9.76. The van der Waals surface area contributed by atoms with Crippen LogP contribution in [0.5, 0.6) is 0 Å². The first-order valence-electron chi connectivity index (χ1n) is 7.11. The zero-order valence-corrected chi connectivity index (χ0v) is 12.9. The number of hydrogen-bond donors (Lipinski definition) is 1. The van der Waals surface area contributed by atoms with Crippen molar-refractivity contribution in [3.05, 3.63) is 28.8 Å². The van der Waals surface area contributed by atoms with Gasteiger partial charge in [0.15, 0.2) is 0 Å². The Hall–Kier alpha value is -0.940. The third-order valence-electron chi connectivity index (χ3n) is 3.41. The van der Waals surface area contributed by atoms with Gasteiger partial charge in [-0.2, -0.15) is 13.2 Å². The van der Waals surface area contributed by atoms with Crippen molar-refractivity contribution in [2.45, 2.75) is 51.5 Å². The van der Waals surface area contributed by atoms with Crippen LogP contribution in [0.15, 0.2) is 18.2 Å². The lowest BCUT2D eigenvalue weighted by Gasteiger charge is -2.26. The maximum atomic E-state index is 12.7. The van der Waals surface area contributed by atoms with Gasteiger partial charge < -0.3 is 10.2 Å². The molecule has 1 aliphatic rings. The molecule has 0 aliphatic heterocycles. The van der Waals surface area contributed by atoms with E-state index in [1.807, 2.05) is 13.8 Å². The number of benzene rings is 1. The summed E-state index contributed by atoms with van der Waals surface area (Å²) in [6.45, 7) is 3.75. The van der Waals surface area contributed by atoms with Gasteiger partial charge >= 0.3 is 6.18 Å². The van der Waals surface area contributed by atoms with Gasteiger partial charge in [0.2, 0.25) is 0 Å². The second-order valence-electron chi connectivity index (χ2n) is 5.79. The highest BCUT2D eigenvalue weighted by molar-refractivity contribution is 6.31. The molecule has 0 spiro atoms. The molecule has 2 rings (SSSR count). The summed E-state index contributed by atoms with van der Waals surface area (Å²) in [7, 11) is 0. The Balaban J connectivity index is 2.13.